The number of aryl methyl sites for hydroxylation is 2. The lowest BCUT2D eigenvalue weighted by Crippen LogP contribution is -2.30. The number of hydrogen-bond acceptors (Lipinski definition) is 0. The number of para-hydroxylation sites is 1. The maximum atomic E-state index is 2.29. The van der Waals surface area contributed by atoms with Gasteiger partial charge in [0.2, 0.25) is 5.69 Å². The molecule has 136 valence electrons. The zero-order chi connectivity index (χ0) is 19.3. The molecule has 5 aromatic rings. The number of aromatic nitrogens is 2. The molecule has 2 nitrogen and oxygen atoms in total. The van der Waals surface area contributed by atoms with Crippen LogP contribution in [0.2, 0.25) is 0 Å². The van der Waals surface area contributed by atoms with Crippen molar-refractivity contribution in [2.45, 2.75) is 6.92 Å². The molecule has 0 saturated carbocycles. The highest BCUT2D eigenvalue weighted by molar-refractivity contribution is 5.89. The molecule has 0 fully saturated rings. The minimum absolute atomic E-state index is 1.23. The fraction of sp³-hybridized carbons (Fsp3) is 0.115. The number of hydrogen-bond donors (Lipinski definition) is 0. The van der Waals surface area contributed by atoms with Crippen LogP contribution in [0, 0.1) is 6.92 Å². The normalized spacial score (nSPS) is 11.4. The van der Waals surface area contributed by atoms with E-state index in [4.69, 9.17) is 0 Å². The summed E-state index contributed by atoms with van der Waals surface area (Å²) in [4.78, 5) is 0. The Labute approximate surface area is 165 Å². The lowest BCUT2D eigenvalue weighted by atomic mass is 9.96. The molecule has 5 rings (SSSR count). The molecule has 0 unspecified atom stereocenters. The summed E-state index contributed by atoms with van der Waals surface area (Å²) in [5.41, 5.74) is 7.61. The van der Waals surface area contributed by atoms with Crippen LogP contribution in [0.3, 0.4) is 0 Å². The molecule has 0 saturated heterocycles. The van der Waals surface area contributed by atoms with Crippen LogP contribution < -0.4 is 4.57 Å². The highest BCUT2D eigenvalue weighted by atomic mass is 14.9. The molecule has 0 bridgehead atoms. The van der Waals surface area contributed by atoms with E-state index in [2.05, 4.69) is 115 Å². The van der Waals surface area contributed by atoms with Gasteiger partial charge >= 0.3 is 0 Å². The van der Waals surface area contributed by atoms with Crippen molar-refractivity contribution in [3.05, 3.63) is 90.6 Å². The molecule has 2 aromatic heterocycles. The van der Waals surface area contributed by atoms with Crippen molar-refractivity contribution in [2.24, 2.45) is 14.1 Å². The van der Waals surface area contributed by atoms with E-state index < -0.39 is 0 Å². The molecule has 0 spiro atoms. The first-order chi connectivity index (χ1) is 13.6. The lowest BCUT2D eigenvalue weighted by Gasteiger charge is -2.12. The monoisotopic (exact) mass is 363 g/mol. The Bertz CT molecular complexity index is 1340. The van der Waals surface area contributed by atoms with Crippen LogP contribution in [0.1, 0.15) is 5.56 Å². The molecule has 2 heterocycles. The Morgan fingerprint density at radius 1 is 0.714 bits per heavy atom. The molecule has 0 amide bonds. The van der Waals surface area contributed by atoms with Gasteiger partial charge in [-0.15, -0.1) is 0 Å². The van der Waals surface area contributed by atoms with Crippen LogP contribution in [-0.2, 0) is 14.1 Å². The van der Waals surface area contributed by atoms with Crippen LogP contribution in [0.4, 0.5) is 0 Å². The minimum Gasteiger partial charge on any atom is -0.344 e. The fourth-order valence-corrected chi connectivity index (χ4v) is 4.29. The van der Waals surface area contributed by atoms with Crippen molar-refractivity contribution >= 4 is 21.7 Å². The van der Waals surface area contributed by atoms with E-state index in [0.29, 0.717) is 0 Å². The summed E-state index contributed by atoms with van der Waals surface area (Å²) in [6, 6.07) is 28.3. The maximum Gasteiger partial charge on any atom is 0.213 e. The van der Waals surface area contributed by atoms with E-state index in [0.717, 1.165) is 0 Å². The fourth-order valence-electron chi connectivity index (χ4n) is 4.29. The van der Waals surface area contributed by atoms with E-state index >= 15 is 0 Å². The maximum absolute atomic E-state index is 2.29. The third-order valence-electron chi connectivity index (χ3n) is 5.84. The van der Waals surface area contributed by atoms with Gasteiger partial charge in [0, 0.05) is 46.2 Å². The van der Waals surface area contributed by atoms with Gasteiger partial charge in [-0.25, -0.2) is 4.57 Å². The van der Waals surface area contributed by atoms with Gasteiger partial charge < -0.3 is 4.57 Å². The second-order valence-corrected chi connectivity index (χ2v) is 7.52. The Morgan fingerprint density at radius 2 is 1.39 bits per heavy atom. The quantitative estimate of drug-likeness (QED) is 0.351. The Hall–Kier alpha value is -3.39. The number of rotatable bonds is 2. The molecule has 0 aliphatic carbocycles. The molecule has 0 radical (unpaired) electrons. The van der Waals surface area contributed by atoms with Crippen LogP contribution >= 0.6 is 0 Å². The summed E-state index contributed by atoms with van der Waals surface area (Å²) >= 11 is 0. The van der Waals surface area contributed by atoms with Crippen molar-refractivity contribution in [3.63, 3.8) is 0 Å². The molecular weight excluding hydrogens is 340 g/mol. The van der Waals surface area contributed by atoms with E-state index in [9.17, 15) is 0 Å². The SMILES string of the molecule is Cc1c(-c2cc3ccccc3n2C)cccc1-c1cc2ccccc2c[n+]1C. The van der Waals surface area contributed by atoms with Crippen molar-refractivity contribution in [1.82, 2.24) is 4.57 Å². The molecule has 28 heavy (non-hydrogen) atoms. The predicted molar refractivity (Wildman–Crippen MR) is 117 cm³/mol. The molecule has 0 aliphatic heterocycles. The van der Waals surface area contributed by atoms with Crippen LogP contribution in [0.25, 0.3) is 44.2 Å². The molecule has 0 atom stereocenters. The lowest BCUT2D eigenvalue weighted by molar-refractivity contribution is -0.659. The van der Waals surface area contributed by atoms with Crippen molar-refractivity contribution in [1.29, 1.82) is 0 Å². The van der Waals surface area contributed by atoms with E-state index in [-0.39, 0.29) is 0 Å². The van der Waals surface area contributed by atoms with Gasteiger partial charge in [0.1, 0.15) is 7.05 Å². The molecule has 0 N–H and O–H groups in total. The average molecular weight is 363 g/mol. The second kappa shape index (κ2) is 6.35. The topological polar surface area (TPSA) is 8.81 Å². The molecule has 3 aromatic carbocycles. The van der Waals surface area contributed by atoms with Crippen LogP contribution in [0.15, 0.2) is 85.1 Å². The standard InChI is InChI=1S/C26H23N2/c1-18-22(25-15-19-9-4-5-11-21(19)17-27(25)2)12-8-13-23(18)26-16-20-10-6-7-14-24(20)28(26)3/h4-17H,1-3H3/q+1. The van der Waals surface area contributed by atoms with E-state index in [1.807, 2.05) is 0 Å². The summed E-state index contributed by atoms with van der Waals surface area (Å²) in [6.45, 7) is 2.23. The van der Waals surface area contributed by atoms with Gasteiger partial charge in [0.15, 0.2) is 6.20 Å². The summed E-state index contributed by atoms with van der Waals surface area (Å²) < 4.78 is 4.53. The molecule has 2 heteroatoms. The Balaban J connectivity index is 1.73. The van der Waals surface area contributed by atoms with E-state index in [1.54, 1.807) is 0 Å². The first-order valence-corrected chi connectivity index (χ1v) is 9.67. The van der Waals surface area contributed by atoms with Gasteiger partial charge in [0.25, 0.3) is 0 Å². The zero-order valence-corrected chi connectivity index (χ0v) is 16.5. The van der Waals surface area contributed by atoms with Crippen LogP contribution in [0.5, 0.6) is 0 Å². The third-order valence-corrected chi connectivity index (χ3v) is 5.84. The molecular formula is C26H23N2+. The largest absolute Gasteiger partial charge is 0.344 e. The zero-order valence-electron chi connectivity index (χ0n) is 16.5. The highest BCUT2D eigenvalue weighted by Crippen LogP contribution is 2.34. The Kier molecular flexibility index (Phi) is 3.80. The smallest absolute Gasteiger partial charge is 0.213 e. The van der Waals surface area contributed by atoms with Crippen LogP contribution in [-0.4, -0.2) is 4.57 Å². The first-order valence-electron chi connectivity index (χ1n) is 9.67. The average Bonchev–Trinajstić information content (AvgIpc) is 3.05. The highest BCUT2D eigenvalue weighted by Gasteiger charge is 2.18. The van der Waals surface area contributed by atoms with E-state index in [1.165, 1.54) is 49.8 Å². The van der Waals surface area contributed by atoms with Crippen molar-refractivity contribution in [2.75, 3.05) is 0 Å². The van der Waals surface area contributed by atoms with Crippen molar-refractivity contribution in [3.8, 4) is 22.5 Å². The third kappa shape index (κ3) is 2.53. The van der Waals surface area contributed by atoms with Gasteiger partial charge in [-0.05, 0) is 42.1 Å². The second-order valence-electron chi connectivity index (χ2n) is 7.52. The van der Waals surface area contributed by atoms with Gasteiger partial charge in [-0.3, -0.25) is 0 Å². The van der Waals surface area contributed by atoms with Gasteiger partial charge in [0.05, 0.1) is 0 Å². The van der Waals surface area contributed by atoms with Gasteiger partial charge in [-0.2, -0.15) is 0 Å². The number of benzene rings is 3. The number of nitrogens with zero attached hydrogens (tertiary/aromatic N) is 2. The summed E-state index contributed by atoms with van der Waals surface area (Å²) in [5, 5.41) is 3.81. The number of pyridine rings is 1. The van der Waals surface area contributed by atoms with Crippen molar-refractivity contribution < 1.29 is 4.57 Å². The first kappa shape index (κ1) is 16.8. The minimum atomic E-state index is 1.23. The predicted octanol–water partition coefficient (Wildman–Crippen LogP) is 5.80. The Morgan fingerprint density at radius 3 is 2.18 bits per heavy atom. The summed E-state index contributed by atoms with van der Waals surface area (Å²) in [7, 11) is 4.28. The van der Waals surface area contributed by atoms with Gasteiger partial charge in [-0.1, -0.05) is 48.5 Å². The summed E-state index contributed by atoms with van der Waals surface area (Å²) in [5.74, 6) is 0. The molecule has 0 aliphatic rings. The summed E-state index contributed by atoms with van der Waals surface area (Å²) in [6.07, 6.45) is 2.22. The number of fused-ring (bicyclic) bond motifs is 2.